The van der Waals surface area contributed by atoms with Gasteiger partial charge in [0.25, 0.3) is 0 Å². The zero-order valence-electron chi connectivity index (χ0n) is 9.90. The quantitative estimate of drug-likeness (QED) is 0.860. The molecule has 1 N–H and O–H groups in total. The molecule has 0 heterocycles. The summed E-state index contributed by atoms with van der Waals surface area (Å²) in [5, 5.41) is 9.34. The van der Waals surface area contributed by atoms with E-state index in [0.717, 1.165) is 12.3 Å². The molecule has 2 nitrogen and oxygen atoms in total. The van der Waals surface area contributed by atoms with Gasteiger partial charge in [-0.1, -0.05) is 6.07 Å². The topological polar surface area (TPSA) is 23.5 Å². The average molecular weight is 243 g/mol. The maximum atomic E-state index is 13.7. The summed E-state index contributed by atoms with van der Waals surface area (Å²) >= 11 is 1.73. The van der Waals surface area contributed by atoms with Crippen LogP contribution >= 0.6 is 11.8 Å². The average Bonchev–Trinajstić information content (AvgIpc) is 2.25. The fourth-order valence-electron chi connectivity index (χ4n) is 1.44. The predicted molar refractivity (Wildman–Crippen MR) is 68.7 cm³/mol. The van der Waals surface area contributed by atoms with Crippen molar-refractivity contribution in [1.29, 1.82) is 0 Å². The van der Waals surface area contributed by atoms with E-state index >= 15 is 0 Å². The van der Waals surface area contributed by atoms with E-state index in [9.17, 15) is 9.50 Å². The van der Waals surface area contributed by atoms with E-state index in [0.29, 0.717) is 11.3 Å². The second kappa shape index (κ2) is 6.11. The van der Waals surface area contributed by atoms with Gasteiger partial charge in [-0.3, -0.25) is 0 Å². The minimum Gasteiger partial charge on any atom is -0.389 e. The lowest BCUT2D eigenvalue weighted by Gasteiger charge is -2.20. The Labute approximate surface area is 100 Å². The summed E-state index contributed by atoms with van der Waals surface area (Å²) in [7, 11) is 1.87. The van der Waals surface area contributed by atoms with Crippen molar-refractivity contribution >= 4 is 17.4 Å². The van der Waals surface area contributed by atoms with Crippen molar-refractivity contribution in [3.8, 4) is 0 Å². The second-order valence-electron chi connectivity index (χ2n) is 3.80. The molecular formula is C12H18FNOS. The van der Waals surface area contributed by atoms with Gasteiger partial charge in [0, 0.05) is 19.3 Å². The van der Waals surface area contributed by atoms with Crippen molar-refractivity contribution in [2.24, 2.45) is 0 Å². The van der Waals surface area contributed by atoms with Crippen molar-refractivity contribution in [1.82, 2.24) is 0 Å². The van der Waals surface area contributed by atoms with Crippen LogP contribution in [0.25, 0.3) is 0 Å². The maximum Gasteiger partial charge on any atom is 0.146 e. The third kappa shape index (κ3) is 3.39. The zero-order chi connectivity index (χ0) is 12.1. The normalized spacial score (nSPS) is 12.6. The summed E-state index contributed by atoms with van der Waals surface area (Å²) in [4.78, 5) is 1.89. The van der Waals surface area contributed by atoms with E-state index < -0.39 is 6.10 Å². The molecule has 0 aliphatic rings. The van der Waals surface area contributed by atoms with Crippen LogP contribution < -0.4 is 4.90 Å². The van der Waals surface area contributed by atoms with E-state index in [4.69, 9.17) is 0 Å². The van der Waals surface area contributed by atoms with Gasteiger partial charge in [-0.25, -0.2) is 4.39 Å². The van der Waals surface area contributed by atoms with Gasteiger partial charge in [-0.15, -0.1) is 0 Å². The molecule has 0 saturated heterocycles. The molecule has 4 heteroatoms. The Hall–Kier alpha value is -0.740. The smallest absolute Gasteiger partial charge is 0.146 e. The summed E-state index contributed by atoms with van der Waals surface area (Å²) in [5.41, 5.74) is 1.19. The predicted octanol–water partition coefficient (Wildman–Crippen LogP) is 2.68. The number of nitrogens with zero attached hydrogens (tertiary/aromatic N) is 1. The number of rotatable bonds is 5. The van der Waals surface area contributed by atoms with Crippen molar-refractivity contribution in [2.45, 2.75) is 13.0 Å². The Bertz CT molecular complexity index is 344. The van der Waals surface area contributed by atoms with Crippen LogP contribution in [0.3, 0.4) is 0 Å². The van der Waals surface area contributed by atoms with Gasteiger partial charge >= 0.3 is 0 Å². The summed E-state index contributed by atoms with van der Waals surface area (Å²) in [6.07, 6.45) is 1.40. The van der Waals surface area contributed by atoms with E-state index in [-0.39, 0.29) is 5.82 Å². The van der Waals surface area contributed by atoms with Gasteiger partial charge in [-0.2, -0.15) is 11.8 Å². The van der Waals surface area contributed by atoms with Gasteiger partial charge in [0.2, 0.25) is 0 Å². The number of aliphatic hydroxyl groups is 1. The molecule has 1 unspecified atom stereocenters. The zero-order valence-corrected chi connectivity index (χ0v) is 10.7. The highest BCUT2D eigenvalue weighted by Gasteiger charge is 2.09. The fraction of sp³-hybridized carbons (Fsp3) is 0.500. The second-order valence-corrected chi connectivity index (χ2v) is 4.79. The maximum absolute atomic E-state index is 13.7. The third-order valence-electron chi connectivity index (χ3n) is 2.50. The third-order valence-corrected chi connectivity index (χ3v) is 3.09. The van der Waals surface area contributed by atoms with E-state index in [2.05, 4.69) is 0 Å². The van der Waals surface area contributed by atoms with Crippen LogP contribution in [0.2, 0.25) is 0 Å². The molecule has 0 aromatic heterocycles. The van der Waals surface area contributed by atoms with Gasteiger partial charge < -0.3 is 10.0 Å². The highest BCUT2D eigenvalue weighted by atomic mass is 32.2. The molecule has 0 saturated carbocycles. The number of hydrogen-bond acceptors (Lipinski definition) is 3. The first kappa shape index (κ1) is 13.3. The van der Waals surface area contributed by atoms with Crippen molar-refractivity contribution in [2.75, 3.05) is 30.5 Å². The Morgan fingerprint density at radius 2 is 2.19 bits per heavy atom. The molecule has 1 atom stereocenters. The van der Waals surface area contributed by atoms with Crippen LogP contribution in [-0.2, 0) is 0 Å². The number of halogens is 1. The molecule has 90 valence electrons. The van der Waals surface area contributed by atoms with Crippen LogP contribution in [0.4, 0.5) is 10.1 Å². The monoisotopic (exact) mass is 243 g/mol. The Morgan fingerprint density at radius 1 is 1.50 bits per heavy atom. The summed E-state index contributed by atoms with van der Waals surface area (Å²) in [6, 6.07) is 4.88. The van der Waals surface area contributed by atoms with E-state index in [1.54, 1.807) is 30.8 Å². The molecule has 0 fully saturated rings. The number of hydrogen-bond donors (Lipinski definition) is 1. The molecule has 0 spiro atoms. The summed E-state index contributed by atoms with van der Waals surface area (Å²) in [5.74, 6) is 0.690. The van der Waals surface area contributed by atoms with Crippen LogP contribution in [0.1, 0.15) is 18.6 Å². The first-order valence-corrected chi connectivity index (χ1v) is 6.63. The first-order valence-electron chi connectivity index (χ1n) is 5.24. The summed E-state index contributed by atoms with van der Waals surface area (Å²) < 4.78 is 13.7. The molecular weight excluding hydrogens is 225 g/mol. The number of anilines is 1. The van der Waals surface area contributed by atoms with Gasteiger partial charge in [0.1, 0.15) is 5.82 Å². The lowest BCUT2D eigenvalue weighted by molar-refractivity contribution is 0.199. The Kier molecular flexibility index (Phi) is 5.09. The Morgan fingerprint density at radius 3 is 2.69 bits per heavy atom. The number of aliphatic hydroxyl groups excluding tert-OH is 1. The van der Waals surface area contributed by atoms with Crippen LogP contribution in [0.15, 0.2) is 18.2 Å². The molecule has 1 aromatic rings. The SMILES string of the molecule is CSCCN(C)c1ccc(C(C)O)cc1F. The molecule has 1 aromatic carbocycles. The molecule has 0 aliphatic heterocycles. The van der Waals surface area contributed by atoms with Gasteiger partial charge in [0.15, 0.2) is 0 Å². The fourth-order valence-corrected chi connectivity index (χ4v) is 1.90. The molecule has 16 heavy (non-hydrogen) atoms. The van der Waals surface area contributed by atoms with E-state index in [1.807, 2.05) is 18.2 Å². The standard InChI is InChI=1S/C12H18FNOS/c1-9(15)10-4-5-12(11(13)8-10)14(2)6-7-16-3/h4-5,8-9,15H,6-7H2,1-3H3. The van der Waals surface area contributed by atoms with Crippen LogP contribution in [0, 0.1) is 5.82 Å². The molecule has 0 radical (unpaired) electrons. The highest BCUT2D eigenvalue weighted by Crippen LogP contribution is 2.22. The minimum absolute atomic E-state index is 0.276. The van der Waals surface area contributed by atoms with E-state index in [1.165, 1.54) is 6.07 Å². The molecule has 0 amide bonds. The van der Waals surface area contributed by atoms with Gasteiger partial charge in [0.05, 0.1) is 11.8 Å². The minimum atomic E-state index is -0.625. The highest BCUT2D eigenvalue weighted by molar-refractivity contribution is 7.98. The summed E-state index contributed by atoms with van der Waals surface area (Å²) in [6.45, 7) is 2.44. The largest absolute Gasteiger partial charge is 0.389 e. The van der Waals surface area contributed by atoms with Crippen molar-refractivity contribution in [3.05, 3.63) is 29.6 Å². The molecule has 0 aliphatic carbocycles. The first-order chi connectivity index (χ1) is 7.56. The number of benzene rings is 1. The molecule has 0 bridgehead atoms. The Balaban J connectivity index is 2.81. The van der Waals surface area contributed by atoms with Crippen LogP contribution in [-0.4, -0.2) is 30.7 Å². The lowest BCUT2D eigenvalue weighted by atomic mass is 10.1. The van der Waals surface area contributed by atoms with Crippen molar-refractivity contribution < 1.29 is 9.50 Å². The lowest BCUT2D eigenvalue weighted by Crippen LogP contribution is -2.21. The van der Waals surface area contributed by atoms with Crippen molar-refractivity contribution in [3.63, 3.8) is 0 Å². The van der Waals surface area contributed by atoms with Crippen LogP contribution in [0.5, 0.6) is 0 Å². The van der Waals surface area contributed by atoms with Gasteiger partial charge in [-0.05, 0) is 30.9 Å². The molecule has 1 rings (SSSR count). The number of thioether (sulfide) groups is 1.